The van der Waals surface area contributed by atoms with Crippen LogP contribution in [0.3, 0.4) is 0 Å². The van der Waals surface area contributed by atoms with Gasteiger partial charge < -0.3 is 15.2 Å². The van der Waals surface area contributed by atoms with Gasteiger partial charge in [0.05, 0.1) is 12.5 Å². The highest BCUT2D eigenvalue weighted by molar-refractivity contribution is 5.75. The van der Waals surface area contributed by atoms with E-state index in [0.717, 1.165) is 16.9 Å². The third kappa shape index (κ3) is 3.96. The van der Waals surface area contributed by atoms with Crippen molar-refractivity contribution in [2.75, 3.05) is 13.7 Å². The molecule has 0 unspecified atom stereocenters. The van der Waals surface area contributed by atoms with Gasteiger partial charge in [0.2, 0.25) is 0 Å². The number of ether oxygens (including phenoxy) is 2. The second-order valence-electron chi connectivity index (χ2n) is 5.49. The highest BCUT2D eigenvalue weighted by atomic mass is 16.5. The molecule has 0 aromatic heterocycles. The number of aryl methyl sites for hydroxylation is 1. The number of carbonyl (C=O) groups excluding carboxylic acids is 1. The molecule has 2 N–H and O–H groups in total. The third-order valence-electron chi connectivity index (χ3n) is 2.98. The molecular formula is C15H23NO3. The van der Waals surface area contributed by atoms with E-state index in [9.17, 15) is 4.79 Å². The number of benzene rings is 1. The van der Waals surface area contributed by atoms with Crippen molar-refractivity contribution in [2.45, 2.75) is 33.7 Å². The van der Waals surface area contributed by atoms with Crippen molar-refractivity contribution in [1.82, 2.24) is 0 Å². The highest BCUT2D eigenvalue weighted by Crippen LogP contribution is 2.27. The van der Waals surface area contributed by atoms with E-state index in [2.05, 4.69) is 0 Å². The second-order valence-corrected chi connectivity index (χ2v) is 5.49. The molecule has 4 nitrogen and oxygen atoms in total. The summed E-state index contributed by atoms with van der Waals surface area (Å²) >= 11 is 0. The van der Waals surface area contributed by atoms with Gasteiger partial charge in [0.1, 0.15) is 12.4 Å². The number of rotatable bonds is 5. The van der Waals surface area contributed by atoms with Crippen molar-refractivity contribution in [2.24, 2.45) is 11.1 Å². The fourth-order valence-corrected chi connectivity index (χ4v) is 1.75. The Balaban J connectivity index is 2.86. The predicted octanol–water partition coefficient (Wildman–Crippen LogP) is 2.59. The maximum absolute atomic E-state index is 11.6. The van der Waals surface area contributed by atoms with Gasteiger partial charge in [-0.05, 0) is 33.8 Å². The number of carbonyl (C=O) groups is 1. The molecule has 1 rings (SSSR count). The molecule has 0 heterocycles. The molecule has 1 atom stereocenters. The largest absolute Gasteiger partial charge is 0.492 e. The van der Waals surface area contributed by atoms with E-state index in [1.54, 1.807) is 13.8 Å². The topological polar surface area (TPSA) is 61.5 Å². The smallest absolute Gasteiger partial charge is 0.314 e. The number of methoxy groups -OCH3 is 1. The van der Waals surface area contributed by atoms with Gasteiger partial charge in [0, 0.05) is 11.6 Å². The summed E-state index contributed by atoms with van der Waals surface area (Å²) in [6, 6.07) is 5.75. The molecule has 0 saturated heterocycles. The lowest BCUT2D eigenvalue weighted by Gasteiger charge is -2.23. The van der Waals surface area contributed by atoms with Gasteiger partial charge in [-0.1, -0.05) is 17.7 Å². The van der Waals surface area contributed by atoms with E-state index in [1.807, 2.05) is 32.0 Å². The summed E-state index contributed by atoms with van der Waals surface area (Å²) in [6.45, 7) is 7.75. The normalized spacial score (nSPS) is 12.9. The van der Waals surface area contributed by atoms with Crippen LogP contribution in [0.25, 0.3) is 0 Å². The molecule has 0 radical (unpaired) electrons. The van der Waals surface area contributed by atoms with Gasteiger partial charge in [-0.25, -0.2) is 0 Å². The fourth-order valence-electron chi connectivity index (χ4n) is 1.75. The Labute approximate surface area is 114 Å². The van der Waals surface area contributed by atoms with Crippen molar-refractivity contribution in [3.8, 4) is 5.75 Å². The first-order valence-corrected chi connectivity index (χ1v) is 6.35. The van der Waals surface area contributed by atoms with Crippen LogP contribution >= 0.6 is 0 Å². The molecule has 0 spiro atoms. The first-order chi connectivity index (χ1) is 8.77. The lowest BCUT2D eigenvalue weighted by Crippen LogP contribution is -2.32. The Morgan fingerprint density at radius 2 is 2.05 bits per heavy atom. The Kier molecular flexibility index (Phi) is 4.95. The van der Waals surface area contributed by atoms with Crippen LogP contribution in [0.1, 0.15) is 37.9 Å². The molecule has 0 aliphatic rings. The molecule has 19 heavy (non-hydrogen) atoms. The maximum Gasteiger partial charge on any atom is 0.314 e. The standard InChI is InChI=1S/C15H23NO3/c1-10-6-7-13(12(8-10)11(2)16)19-9-15(3,4)14(17)18-5/h6-8,11H,9,16H2,1-5H3/t11-/m0/s1. The number of hydrogen-bond donors (Lipinski definition) is 1. The monoisotopic (exact) mass is 265 g/mol. The molecule has 0 amide bonds. The average molecular weight is 265 g/mol. The van der Waals surface area contributed by atoms with Crippen molar-refractivity contribution >= 4 is 5.97 Å². The molecule has 0 bridgehead atoms. The van der Waals surface area contributed by atoms with Crippen molar-refractivity contribution < 1.29 is 14.3 Å². The van der Waals surface area contributed by atoms with Crippen LogP contribution in [-0.4, -0.2) is 19.7 Å². The van der Waals surface area contributed by atoms with E-state index in [1.165, 1.54) is 7.11 Å². The van der Waals surface area contributed by atoms with E-state index in [-0.39, 0.29) is 18.6 Å². The van der Waals surface area contributed by atoms with Crippen LogP contribution in [0, 0.1) is 12.3 Å². The highest BCUT2D eigenvalue weighted by Gasteiger charge is 2.30. The Morgan fingerprint density at radius 3 is 2.58 bits per heavy atom. The van der Waals surface area contributed by atoms with Gasteiger partial charge in [0.15, 0.2) is 0 Å². The van der Waals surface area contributed by atoms with E-state index in [4.69, 9.17) is 15.2 Å². The molecule has 0 saturated carbocycles. The molecule has 106 valence electrons. The zero-order valence-electron chi connectivity index (χ0n) is 12.3. The summed E-state index contributed by atoms with van der Waals surface area (Å²) in [5, 5.41) is 0. The zero-order valence-corrected chi connectivity index (χ0v) is 12.3. The average Bonchev–Trinajstić information content (AvgIpc) is 2.36. The Morgan fingerprint density at radius 1 is 1.42 bits per heavy atom. The van der Waals surface area contributed by atoms with Crippen LogP contribution in [-0.2, 0) is 9.53 Å². The van der Waals surface area contributed by atoms with Crippen molar-refractivity contribution in [1.29, 1.82) is 0 Å². The Hall–Kier alpha value is -1.55. The molecule has 0 aliphatic heterocycles. The minimum absolute atomic E-state index is 0.115. The maximum atomic E-state index is 11.6. The molecule has 1 aromatic rings. The van der Waals surface area contributed by atoms with Gasteiger partial charge in [-0.15, -0.1) is 0 Å². The first-order valence-electron chi connectivity index (χ1n) is 6.35. The van der Waals surface area contributed by atoms with Crippen LogP contribution in [0.5, 0.6) is 5.75 Å². The lowest BCUT2D eigenvalue weighted by atomic mass is 9.95. The molecule has 4 heteroatoms. The third-order valence-corrected chi connectivity index (χ3v) is 2.98. The van der Waals surface area contributed by atoms with E-state index < -0.39 is 5.41 Å². The molecule has 0 aliphatic carbocycles. The van der Waals surface area contributed by atoms with Crippen molar-refractivity contribution in [3.05, 3.63) is 29.3 Å². The second kappa shape index (κ2) is 6.06. The number of esters is 1. The van der Waals surface area contributed by atoms with Gasteiger partial charge >= 0.3 is 5.97 Å². The van der Waals surface area contributed by atoms with Crippen LogP contribution in [0.2, 0.25) is 0 Å². The Bertz CT molecular complexity index is 453. The van der Waals surface area contributed by atoms with Crippen LogP contribution in [0.15, 0.2) is 18.2 Å². The minimum atomic E-state index is -0.686. The number of nitrogens with two attached hydrogens (primary N) is 1. The minimum Gasteiger partial charge on any atom is -0.492 e. The summed E-state index contributed by atoms with van der Waals surface area (Å²) in [5.41, 5.74) is 7.33. The molecule has 1 aromatic carbocycles. The van der Waals surface area contributed by atoms with Gasteiger partial charge in [-0.2, -0.15) is 0 Å². The SMILES string of the molecule is COC(=O)C(C)(C)COc1ccc(C)cc1[C@H](C)N. The summed E-state index contributed by atoms with van der Waals surface area (Å²) in [5.74, 6) is 0.430. The van der Waals surface area contributed by atoms with Crippen LogP contribution in [0.4, 0.5) is 0 Å². The lowest BCUT2D eigenvalue weighted by molar-refractivity contribution is -0.152. The van der Waals surface area contributed by atoms with Gasteiger partial charge in [0.25, 0.3) is 0 Å². The fraction of sp³-hybridized carbons (Fsp3) is 0.533. The van der Waals surface area contributed by atoms with Crippen molar-refractivity contribution in [3.63, 3.8) is 0 Å². The predicted molar refractivity (Wildman–Crippen MR) is 75.1 cm³/mol. The zero-order chi connectivity index (χ0) is 14.6. The van der Waals surface area contributed by atoms with Crippen LogP contribution < -0.4 is 10.5 Å². The summed E-state index contributed by atoms with van der Waals surface area (Å²) in [7, 11) is 1.38. The first kappa shape index (κ1) is 15.5. The van der Waals surface area contributed by atoms with E-state index in [0.29, 0.717) is 0 Å². The quantitative estimate of drug-likeness (QED) is 0.831. The summed E-state index contributed by atoms with van der Waals surface area (Å²) in [6.07, 6.45) is 0. The molecular weight excluding hydrogens is 242 g/mol. The molecule has 0 fully saturated rings. The number of hydrogen-bond acceptors (Lipinski definition) is 4. The summed E-state index contributed by atoms with van der Waals surface area (Å²) < 4.78 is 10.5. The van der Waals surface area contributed by atoms with E-state index >= 15 is 0 Å². The van der Waals surface area contributed by atoms with Gasteiger partial charge in [-0.3, -0.25) is 4.79 Å². The summed E-state index contributed by atoms with van der Waals surface area (Å²) in [4.78, 5) is 11.6.